The molecule has 3 heterocycles. The summed E-state index contributed by atoms with van der Waals surface area (Å²) in [6.07, 6.45) is 2.69. The molecular formula is C20H20N6O6S. The van der Waals surface area contributed by atoms with Crippen LogP contribution in [0.3, 0.4) is 0 Å². The van der Waals surface area contributed by atoms with E-state index in [1.807, 2.05) is 6.92 Å². The first-order chi connectivity index (χ1) is 15.6. The van der Waals surface area contributed by atoms with Crippen LogP contribution in [0.25, 0.3) is 11.2 Å². The maximum absolute atomic E-state index is 12.7. The minimum atomic E-state index is -4.45. The zero-order chi connectivity index (χ0) is 23.5. The minimum Gasteiger partial charge on any atom is -0.390 e. The number of hydrogen-bond donors (Lipinski definition) is 1. The number of benzene rings is 1. The Morgan fingerprint density at radius 1 is 1.15 bits per heavy atom. The Hall–Kier alpha value is -3.58. The van der Waals surface area contributed by atoms with E-state index in [0.29, 0.717) is 16.7 Å². The summed E-state index contributed by atoms with van der Waals surface area (Å²) in [5, 5.41) is 4.16. The number of nitrogens with zero attached hydrogens (tertiary/aromatic N) is 6. The van der Waals surface area contributed by atoms with Crippen molar-refractivity contribution in [3.63, 3.8) is 0 Å². The zero-order valence-corrected chi connectivity index (χ0v) is 18.6. The third kappa shape index (κ3) is 3.31. The summed E-state index contributed by atoms with van der Waals surface area (Å²) in [5.74, 6) is -0.796. The van der Waals surface area contributed by atoms with Gasteiger partial charge in [0.25, 0.3) is 15.7 Å². The van der Waals surface area contributed by atoms with Crippen LogP contribution < -0.4 is 11.3 Å². The molecule has 4 aromatic rings. The molecule has 1 aromatic carbocycles. The van der Waals surface area contributed by atoms with Crippen LogP contribution in [0.15, 0.2) is 50.9 Å². The number of aromatic nitrogens is 6. The van der Waals surface area contributed by atoms with Crippen LogP contribution >= 0.6 is 0 Å². The first kappa shape index (κ1) is 21.3. The van der Waals surface area contributed by atoms with Gasteiger partial charge < -0.3 is 8.98 Å². The van der Waals surface area contributed by atoms with Crippen LogP contribution in [0.5, 0.6) is 0 Å². The van der Waals surface area contributed by atoms with Gasteiger partial charge in [0.15, 0.2) is 11.2 Å². The number of aryl methyl sites for hydroxylation is 2. The fourth-order valence-corrected chi connectivity index (χ4v) is 5.52. The van der Waals surface area contributed by atoms with E-state index in [1.165, 1.54) is 17.2 Å². The van der Waals surface area contributed by atoms with Gasteiger partial charge in [0.05, 0.1) is 12.4 Å². The van der Waals surface area contributed by atoms with Crippen LogP contribution in [0, 0.1) is 6.92 Å². The molecule has 33 heavy (non-hydrogen) atoms. The first-order valence-corrected chi connectivity index (χ1v) is 11.5. The molecule has 1 aliphatic rings. The second-order valence-corrected chi connectivity index (χ2v) is 10.0. The van der Waals surface area contributed by atoms with Gasteiger partial charge in [0, 0.05) is 7.05 Å². The highest BCUT2D eigenvalue weighted by Crippen LogP contribution is 2.53. The Labute approximate surface area is 186 Å². The molecule has 1 saturated carbocycles. The fraction of sp³-hybridized carbons (Fsp3) is 0.350. The van der Waals surface area contributed by atoms with Crippen molar-refractivity contribution in [3.8, 4) is 0 Å². The van der Waals surface area contributed by atoms with Crippen molar-refractivity contribution in [2.75, 3.05) is 0 Å². The van der Waals surface area contributed by atoms with Gasteiger partial charge in [0.1, 0.15) is 17.6 Å². The summed E-state index contributed by atoms with van der Waals surface area (Å²) in [6.45, 7) is 1.74. The van der Waals surface area contributed by atoms with Gasteiger partial charge in [-0.15, -0.1) is 5.10 Å². The Kier molecular flexibility index (Phi) is 4.65. The molecule has 1 aliphatic carbocycles. The van der Waals surface area contributed by atoms with Crippen molar-refractivity contribution in [2.45, 2.75) is 37.1 Å². The van der Waals surface area contributed by atoms with Crippen LogP contribution in [0.1, 0.15) is 35.9 Å². The standard InChI is InChI=1S/C20H20N6O6S/c1-12-3-5-13(6-4-12)20(33(29,30)31)7-14(8-20)26-19(28)32-15(23-26)9-25-11-22-17-16(18(25)27)24(2)10-21-17/h3-6,10-11,14H,7-9H2,1-2H3,(H,29,30,31). The highest BCUT2D eigenvalue weighted by molar-refractivity contribution is 7.86. The highest BCUT2D eigenvalue weighted by atomic mass is 32.2. The number of hydrogen-bond acceptors (Lipinski definition) is 8. The van der Waals surface area contributed by atoms with Gasteiger partial charge in [-0.1, -0.05) is 29.8 Å². The Balaban J connectivity index is 1.43. The molecule has 1 N–H and O–H groups in total. The molecule has 5 rings (SSSR count). The third-order valence-corrected chi connectivity index (χ3v) is 7.72. The zero-order valence-electron chi connectivity index (χ0n) is 17.7. The van der Waals surface area contributed by atoms with Crippen molar-refractivity contribution < 1.29 is 17.4 Å². The van der Waals surface area contributed by atoms with Crippen LogP contribution in [0.4, 0.5) is 0 Å². The number of fused-ring (bicyclic) bond motifs is 1. The van der Waals surface area contributed by atoms with E-state index in [1.54, 1.807) is 35.9 Å². The molecule has 0 bridgehead atoms. The van der Waals surface area contributed by atoms with Crippen molar-refractivity contribution in [1.82, 2.24) is 28.9 Å². The third-order valence-electron chi connectivity index (χ3n) is 6.17. The van der Waals surface area contributed by atoms with E-state index >= 15 is 0 Å². The lowest BCUT2D eigenvalue weighted by Crippen LogP contribution is -2.49. The SMILES string of the molecule is Cc1ccc(C2(S(=O)(=O)O)CC(n3nc(Cn4cnc5ncn(C)c5c4=O)oc3=O)C2)cc1. The van der Waals surface area contributed by atoms with Crippen LogP contribution in [-0.4, -0.2) is 41.9 Å². The second-order valence-electron chi connectivity index (χ2n) is 8.31. The average molecular weight is 472 g/mol. The highest BCUT2D eigenvalue weighted by Gasteiger charge is 2.56. The average Bonchev–Trinajstić information content (AvgIpc) is 3.26. The maximum atomic E-state index is 12.7. The summed E-state index contributed by atoms with van der Waals surface area (Å²) in [5.41, 5.74) is 1.63. The lowest BCUT2D eigenvalue weighted by atomic mass is 9.74. The van der Waals surface area contributed by atoms with Gasteiger partial charge in [-0.3, -0.25) is 13.9 Å². The molecule has 13 heteroatoms. The Morgan fingerprint density at radius 3 is 2.48 bits per heavy atom. The van der Waals surface area contributed by atoms with Gasteiger partial charge in [-0.05, 0) is 25.3 Å². The quantitative estimate of drug-likeness (QED) is 0.414. The number of rotatable bonds is 5. The predicted molar refractivity (Wildman–Crippen MR) is 115 cm³/mol. The van der Waals surface area contributed by atoms with E-state index in [0.717, 1.165) is 10.2 Å². The number of imidazole rings is 1. The molecule has 0 radical (unpaired) electrons. The molecule has 0 aliphatic heterocycles. The normalized spacial score (nSPS) is 20.8. The summed E-state index contributed by atoms with van der Waals surface area (Å²) >= 11 is 0. The minimum absolute atomic E-state index is 0.0230. The van der Waals surface area contributed by atoms with Gasteiger partial charge >= 0.3 is 5.76 Å². The maximum Gasteiger partial charge on any atom is 0.437 e. The van der Waals surface area contributed by atoms with Gasteiger partial charge in [-0.2, -0.15) is 13.1 Å². The fourth-order valence-electron chi connectivity index (χ4n) is 4.28. The Bertz CT molecular complexity index is 1590. The first-order valence-electron chi connectivity index (χ1n) is 10.1. The van der Waals surface area contributed by atoms with E-state index in [4.69, 9.17) is 4.42 Å². The van der Waals surface area contributed by atoms with Crippen molar-refractivity contribution >= 4 is 21.3 Å². The van der Waals surface area contributed by atoms with Crippen LogP contribution in [0.2, 0.25) is 0 Å². The molecular weight excluding hydrogens is 452 g/mol. The molecule has 12 nitrogen and oxygen atoms in total. The molecule has 0 spiro atoms. The van der Waals surface area contributed by atoms with Crippen molar-refractivity contribution in [2.24, 2.45) is 7.05 Å². The summed E-state index contributed by atoms with van der Waals surface area (Å²) in [7, 11) is -2.78. The predicted octanol–water partition coefficient (Wildman–Crippen LogP) is 0.755. The van der Waals surface area contributed by atoms with Crippen LogP contribution in [-0.2, 0) is 28.5 Å². The van der Waals surface area contributed by atoms with Gasteiger partial charge in [-0.25, -0.2) is 14.8 Å². The lowest BCUT2D eigenvalue weighted by molar-refractivity contribution is 0.185. The summed E-state index contributed by atoms with van der Waals surface area (Å²) < 4.78 is 42.0. The molecule has 0 saturated heterocycles. The topological polar surface area (TPSA) is 155 Å². The molecule has 172 valence electrons. The smallest absolute Gasteiger partial charge is 0.390 e. The van der Waals surface area contributed by atoms with Crippen molar-refractivity contribution in [3.05, 3.63) is 74.8 Å². The lowest BCUT2D eigenvalue weighted by Gasteiger charge is -2.44. The van der Waals surface area contributed by atoms with E-state index in [9.17, 15) is 22.6 Å². The van der Waals surface area contributed by atoms with E-state index in [2.05, 4.69) is 15.1 Å². The monoisotopic (exact) mass is 472 g/mol. The van der Waals surface area contributed by atoms with Gasteiger partial charge in [0.2, 0.25) is 5.89 Å². The molecule has 0 amide bonds. The Morgan fingerprint density at radius 2 is 1.82 bits per heavy atom. The molecule has 0 unspecified atom stereocenters. The van der Waals surface area contributed by atoms with Crippen molar-refractivity contribution in [1.29, 1.82) is 0 Å². The van der Waals surface area contributed by atoms with E-state index < -0.39 is 26.7 Å². The second kappa shape index (κ2) is 7.22. The molecule has 1 fully saturated rings. The summed E-state index contributed by atoms with van der Waals surface area (Å²) in [4.78, 5) is 33.3. The molecule has 3 aromatic heterocycles. The van der Waals surface area contributed by atoms with E-state index in [-0.39, 0.29) is 30.8 Å². The molecule has 0 atom stereocenters. The summed E-state index contributed by atoms with van der Waals surface area (Å²) in [6, 6.07) is 6.25. The largest absolute Gasteiger partial charge is 0.437 e.